The lowest BCUT2D eigenvalue weighted by Gasteiger charge is -2.07. The predicted octanol–water partition coefficient (Wildman–Crippen LogP) is 2.76. The third kappa shape index (κ3) is 3.38. The van der Waals surface area contributed by atoms with Crippen LogP contribution in [0.5, 0.6) is 0 Å². The van der Waals surface area contributed by atoms with E-state index in [1.807, 2.05) is 55.5 Å². The second-order valence-electron chi connectivity index (χ2n) is 5.10. The van der Waals surface area contributed by atoms with E-state index < -0.39 is 0 Å². The Labute approximate surface area is 128 Å². The molecule has 1 aromatic heterocycles. The van der Waals surface area contributed by atoms with Crippen LogP contribution in [-0.2, 0) is 11.2 Å². The third-order valence-electron chi connectivity index (χ3n) is 3.32. The van der Waals surface area contributed by atoms with Crippen LogP contribution in [0.3, 0.4) is 0 Å². The van der Waals surface area contributed by atoms with Gasteiger partial charge in [0.2, 0.25) is 5.91 Å². The number of anilines is 1. The van der Waals surface area contributed by atoms with Gasteiger partial charge in [0.25, 0.3) is 0 Å². The molecule has 1 N–H and O–H groups in total. The molecule has 0 saturated heterocycles. The molecule has 22 heavy (non-hydrogen) atoms. The number of hydrogen-bond donors (Lipinski definition) is 1. The van der Waals surface area contributed by atoms with Crippen molar-refractivity contribution in [2.24, 2.45) is 0 Å². The van der Waals surface area contributed by atoms with E-state index in [0.717, 1.165) is 16.9 Å². The Morgan fingerprint density at radius 1 is 1.09 bits per heavy atom. The molecular formula is C17H16N4O. The van der Waals surface area contributed by atoms with Crippen molar-refractivity contribution in [2.75, 3.05) is 5.32 Å². The molecule has 2 aromatic carbocycles. The van der Waals surface area contributed by atoms with Crippen LogP contribution < -0.4 is 5.32 Å². The first-order chi connectivity index (χ1) is 10.7. The van der Waals surface area contributed by atoms with Gasteiger partial charge in [-0.15, -0.1) is 0 Å². The summed E-state index contributed by atoms with van der Waals surface area (Å²) in [6, 6.07) is 15.4. The van der Waals surface area contributed by atoms with Crippen LogP contribution in [0.2, 0.25) is 0 Å². The zero-order valence-electron chi connectivity index (χ0n) is 12.2. The highest BCUT2D eigenvalue weighted by molar-refractivity contribution is 5.92. The summed E-state index contributed by atoms with van der Waals surface area (Å²) in [7, 11) is 0. The molecule has 0 atom stereocenters. The van der Waals surface area contributed by atoms with Gasteiger partial charge in [0.05, 0.1) is 12.1 Å². The quantitative estimate of drug-likeness (QED) is 0.804. The molecule has 0 bridgehead atoms. The first-order valence-electron chi connectivity index (χ1n) is 7.01. The zero-order valence-corrected chi connectivity index (χ0v) is 12.2. The van der Waals surface area contributed by atoms with Crippen LogP contribution in [-0.4, -0.2) is 20.7 Å². The van der Waals surface area contributed by atoms with E-state index in [-0.39, 0.29) is 5.91 Å². The molecule has 110 valence electrons. The zero-order chi connectivity index (χ0) is 15.4. The Morgan fingerprint density at radius 3 is 2.45 bits per heavy atom. The molecule has 0 fully saturated rings. The molecular weight excluding hydrogens is 276 g/mol. The largest absolute Gasteiger partial charge is 0.326 e. The van der Waals surface area contributed by atoms with Crippen molar-refractivity contribution in [2.45, 2.75) is 13.3 Å². The second kappa shape index (κ2) is 6.22. The summed E-state index contributed by atoms with van der Waals surface area (Å²) in [6.07, 6.45) is 3.48. The number of benzene rings is 2. The molecule has 1 heterocycles. The van der Waals surface area contributed by atoms with Gasteiger partial charge in [-0.3, -0.25) is 4.79 Å². The number of carbonyl (C=O) groups is 1. The maximum atomic E-state index is 12.0. The number of amides is 1. The summed E-state index contributed by atoms with van der Waals surface area (Å²) >= 11 is 0. The molecule has 5 heteroatoms. The fraction of sp³-hybridized carbons (Fsp3) is 0.118. The average molecular weight is 292 g/mol. The van der Waals surface area contributed by atoms with E-state index >= 15 is 0 Å². The van der Waals surface area contributed by atoms with Crippen molar-refractivity contribution >= 4 is 11.6 Å². The van der Waals surface area contributed by atoms with Crippen molar-refractivity contribution < 1.29 is 4.79 Å². The maximum absolute atomic E-state index is 12.0. The summed E-state index contributed by atoms with van der Waals surface area (Å²) < 4.78 is 1.66. The first-order valence-corrected chi connectivity index (χ1v) is 7.01. The third-order valence-corrected chi connectivity index (χ3v) is 3.32. The highest BCUT2D eigenvalue weighted by Crippen LogP contribution is 2.13. The summed E-state index contributed by atoms with van der Waals surface area (Å²) in [5.41, 5.74) is 3.85. The van der Waals surface area contributed by atoms with Gasteiger partial charge in [0.15, 0.2) is 0 Å². The topological polar surface area (TPSA) is 59.8 Å². The van der Waals surface area contributed by atoms with Crippen LogP contribution in [0.1, 0.15) is 11.1 Å². The van der Waals surface area contributed by atoms with E-state index in [9.17, 15) is 4.79 Å². The Balaban J connectivity index is 1.63. The van der Waals surface area contributed by atoms with E-state index in [2.05, 4.69) is 15.4 Å². The molecule has 0 radical (unpaired) electrons. The van der Waals surface area contributed by atoms with Crippen molar-refractivity contribution in [1.82, 2.24) is 14.8 Å². The number of hydrogen-bond acceptors (Lipinski definition) is 3. The van der Waals surface area contributed by atoms with E-state index in [0.29, 0.717) is 6.42 Å². The minimum absolute atomic E-state index is 0.0302. The molecule has 0 unspecified atom stereocenters. The highest BCUT2D eigenvalue weighted by atomic mass is 16.1. The number of aromatic nitrogens is 3. The van der Waals surface area contributed by atoms with Gasteiger partial charge in [-0.2, -0.15) is 5.10 Å². The lowest BCUT2D eigenvalue weighted by Crippen LogP contribution is -2.14. The number of rotatable bonds is 4. The van der Waals surface area contributed by atoms with Crippen molar-refractivity contribution in [3.63, 3.8) is 0 Å². The van der Waals surface area contributed by atoms with Crippen molar-refractivity contribution in [3.05, 3.63) is 72.3 Å². The van der Waals surface area contributed by atoms with Crippen molar-refractivity contribution in [1.29, 1.82) is 0 Å². The monoisotopic (exact) mass is 292 g/mol. The minimum Gasteiger partial charge on any atom is -0.326 e. The molecule has 0 saturated carbocycles. The maximum Gasteiger partial charge on any atom is 0.228 e. The Hall–Kier alpha value is -2.95. The molecule has 1 amide bonds. The van der Waals surface area contributed by atoms with E-state index in [4.69, 9.17) is 0 Å². The van der Waals surface area contributed by atoms with Crippen LogP contribution in [0.15, 0.2) is 61.2 Å². The van der Waals surface area contributed by atoms with Crippen LogP contribution >= 0.6 is 0 Å². The molecule has 0 aliphatic heterocycles. The lowest BCUT2D eigenvalue weighted by molar-refractivity contribution is -0.115. The van der Waals surface area contributed by atoms with Gasteiger partial charge in [-0.05, 0) is 36.8 Å². The number of nitrogens with one attached hydrogen (secondary N) is 1. The van der Waals surface area contributed by atoms with Gasteiger partial charge in [0.1, 0.15) is 12.7 Å². The number of nitrogens with zero attached hydrogens (tertiary/aromatic N) is 3. The molecule has 0 aliphatic rings. The number of aryl methyl sites for hydroxylation is 1. The van der Waals surface area contributed by atoms with E-state index in [1.54, 1.807) is 11.0 Å². The van der Waals surface area contributed by atoms with Gasteiger partial charge >= 0.3 is 0 Å². The average Bonchev–Trinajstić information content (AvgIpc) is 3.05. The normalized spacial score (nSPS) is 10.4. The molecule has 0 spiro atoms. The summed E-state index contributed by atoms with van der Waals surface area (Å²) in [4.78, 5) is 15.9. The summed E-state index contributed by atoms with van der Waals surface area (Å²) in [5, 5.41) is 6.95. The standard InChI is InChI=1S/C17H16N4O/c1-13-2-4-14(5-3-13)10-17(22)20-15-6-8-16(9-7-15)21-12-18-11-19-21/h2-9,11-12H,10H2,1H3,(H,20,22). The van der Waals surface area contributed by atoms with E-state index in [1.165, 1.54) is 11.9 Å². The number of carbonyl (C=O) groups excluding carboxylic acids is 1. The molecule has 3 aromatic rings. The molecule has 3 rings (SSSR count). The fourth-order valence-corrected chi connectivity index (χ4v) is 2.14. The van der Waals surface area contributed by atoms with Gasteiger partial charge < -0.3 is 5.32 Å². The highest BCUT2D eigenvalue weighted by Gasteiger charge is 2.04. The second-order valence-corrected chi connectivity index (χ2v) is 5.10. The van der Waals surface area contributed by atoms with Gasteiger partial charge in [-0.25, -0.2) is 9.67 Å². The molecule has 0 aliphatic carbocycles. The Bertz CT molecular complexity index is 746. The first kappa shape index (κ1) is 14.0. The molecule has 5 nitrogen and oxygen atoms in total. The van der Waals surface area contributed by atoms with Gasteiger partial charge in [0, 0.05) is 5.69 Å². The minimum atomic E-state index is -0.0302. The fourth-order valence-electron chi connectivity index (χ4n) is 2.14. The summed E-state index contributed by atoms with van der Waals surface area (Å²) in [6.45, 7) is 2.03. The lowest BCUT2D eigenvalue weighted by atomic mass is 10.1. The smallest absolute Gasteiger partial charge is 0.228 e. The van der Waals surface area contributed by atoms with Crippen molar-refractivity contribution in [3.8, 4) is 5.69 Å². The van der Waals surface area contributed by atoms with Crippen LogP contribution in [0.25, 0.3) is 5.69 Å². The van der Waals surface area contributed by atoms with Crippen LogP contribution in [0.4, 0.5) is 5.69 Å². The SMILES string of the molecule is Cc1ccc(CC(=O)Nc2ccc(-n3cncn3)cc2)cc1. The Morgan fingerprint density at radius 2 is 1.82 bits per heavy atom. The predicted molar refractivity (Wildman–Crippen MR) is 84.9 cm³/mol. The summed E-state index contributed by atoms with van der Waals surface area (Å²) in [5.74, 6) is -0.0302. The Kier molecular flexibility index (Phi) is 3.96. The van der Waals surface area contributed by atoms with Crippen LogP contribution in [0, 0.1) is 6.92 Å². The van der Waals surface area contributed by atoms with Gasteiger partial charge in [-0.1, -0.05) is 29.8 Å².